The fourth-order valence-electron chi connectivity index (χ4n) is 2.34. The summed E-state index contributed by atoms with van der Waals surface area (Å²) >= 11 is 0. The number of nitriles is 1. The molecule has 0 spiro atoms. The normalized spacial score (nSPS) is 11.2. The van der Waals surface area contributed by atoms with E-state index in [1.54, 1.807) is 0 Å². The predicted molar refractivity (Wildman–Crippen MR) is 95.9 cm³/mol. The Balaban J connectivity index is 2.49. The molecule has 0 saturated heterocycles. The lowest BCUT2D eigenvalue weighted by Crippen LogP contribution is -2.38. The molecule has 0 bridgehead atoms. The van der Waals surface area contributed by atoms with Gasteiger partial charge in [-0.05, 0) is 12.0 Å². The van der Waals surface area contributed by atoms with Crippen LogP contribution < -0.4 is 10.6 Å². The highest BCUT2D eigenvalue weighted by molar-refractivity contribution is 5.84. The van der Waals surface area contributed by atoms with E-state index in [1.165, 1.54) is 0 Å². The number of carbonyl (C=O) groups excluding carboxylic acids is 2. The summed E-state index contributed by atoms with van der Waals surface area (Å²) in [5.74, 6) is -0.739. The number of nitrogens with zero attached hydrogens (tertiary/aromatic N) is 1. The summed E-state index contributed by atoms with van der Waals surface area (Å²) in [5, 5.41) is 13.9. The molecule has 1 unspecified atom stereocenters. The van der Waals surface area contributed by atoms with E-state index in [4.69, 9.17) is 10.00 Å². The first kappa shape index (κ1) is 20.5. The van der Waals surface area contributed by atoms with Crippen LogP contribution in [0, 0.1) is 11.3 Å². The van der Waals surface area contributed by atoms with Crippen LogP contribution in [0.5, 0.6) is 0 Å². The van der Waals surface area contributed by atoms with Crippen LogP contribution in [0.25, 0.3) is 0 Å². The van der Waals surface area contributed by atoms with Crippen molar-refractivity contribution in [2.24, 2.45) is 0 Å². The van der Waals surface area contributed by atoms with Gasteiger partial charge in [-0.2, -0.15) is 5.26 Å². The molecule has 136 valence electrons. The molecule has 6 heteroatoms. The van der Waals surface area contributed by atoms with Gasteiger partial charge in [-0.15, -0.1) is 0 Å². The number of carbonyl (C=O) groups is 2. The lowest BCUT2D eigenvalue weighted by atomic mass is 9.98. The summed E-state index contributed by atoms with van der Waals surface area (Å²) in [5.41, 5.74) is 0.806. The quantitative estimate of drug-likeness (QED) is 0.603. The minimum absolute atomic E-state index is 0.149. The van der Waals surface area contributed by atoms with Crippen molar-refractivity contribution in [2.75, 3.05) is 19.7 Å². The van der Waals surface area contributed by atoms with Gasteiger partial charge < -0.3 is 15.4 Å². The van der Waals surface area contributed by atoms with Crippen LogP contribution >= 0.6 is 0 Å². The lowest BCUT2D eigenvalue weighted by molar-refractivity contribution is -0.122. The minimum atomic E-state index is -0.521. The number of hydrogen-bond acceptors (Lipinski definition) is 4. The minimum Gasteiger partial charge on any atom is -0.450 e. The zero-order chi connectivity index (χ0) is 18.3. The highest BCUT2D eigenvalue weighted by Gasteiger charge is 2.21. The van der Waals surface area contributed by atoms with Crippen LogP contribution in [0.2, 0.25) is 0 Å². The molecule has 6 nitrogen and oxygen atoms in total. The maximum Gasteiger partial charge on any atom is 0.407 e. The Morgan fingerprint density at radius 1 is 1.16 bits per heavy atom. The van der Waals surface area contributed by atoms with Crippen LogP contribution in [0.15, 0.2) is 30.3 Å². The van der Waals surface area contributed by atoms with Crippen molar-refractivity contribution in [1.82, 2.24) is 10.6 Å². The van der Waals surface area contributed by atoms with Gasteiger partial charge >= 0.3 is 6.09 Å². The van der Waals surface area contributed by atoms with Gasteiger partial charge in [0, 0.05) is 13.1 Å². The zero-order valence-corrected chi connectivity index (χ0v) is 14.8. The molecular weight excluding hydrogens is 318 g/mol. The molecule has 1 aromatic rings. The maximum atomic E-state index is 12.4. The molecule has 0 radical (unpaired) electrons. The Kier molecular flexibility index (Phi) is 10.5. The number of rotatable bonds is 11. The second-order valence-corrected chi connectivity index (χ2v) is 5.74. The van der Waals surface area contributed by atoms with E-state index < -0.39 is 12.0 Å². The molecule has 0 saturated carbocycles. The van der Waals surface area contributed by atoms with E-state index in [0.717, 1.165) is 31.2 Å². The first-order valence-corrected chi connectivity index (χ1v) is 8.79. The summed E-state index contributed by atoms with van der Waals surface area (Å²) in [6, 6.07) is 11.2. The van der Waals surface area contributed by atoms with Crippen molar-refractivity contribution in [2.45, 2.75) is 44.9 Å². The second kappa shape index (κ2) is 12.8. The Hall–Kier alpha value is -2.55. The molecule has 0 aromatic heterocycles. The summed E-state index contributed by atoms with van der Waals surface area (Å²) in [6.45, 7) is 2.95. The summed E-state index contributed by atoms with van der Waals surface area (Å²) in [4.78, 5) is 24.1. The van der Waals surface area contributed by atoms with Crippen molar-refractivity contribution in [3.8, 4) is 6.07 Å². The smallest absolute Gasteiger partial charge is 0.407 e. The van der Waals surface area contributed by atoms with E-state index in [1.807, 2.05) is 36.4 Å². The Bertz CT molecular complexity index is 555. The molecule has 0 fully saturated rings. The third kappa shape index (κ3) is 8.75. The molecule has 0 aliphatic rings. The van der Waals surface area contributed by atoms with E-state index in [2.05, 4.69) is 17.6 Å². The molecule has 1 atom stereocenters. The van der Waals surface area contributed by atoms with Gasteiger partial charge in [0.25, 0.3) is 0 Å². The summed E-state index contributed by atoms with van der Waals surface area (Å²) < 4.78 is 5.13. The molecule has 0 heterocycles. The number of ether oxygens (including phenoxy) is 1. The average molecular weight is 345 g/mol. The molecule has 0 aliphatic heterocycles. The Morgan fingerprint density at radius 3 is 2.60 bits per heavy atom. The molecule has 25 heavy (non-hydrogen) atoms. The van der Waals surface area contributed by atoms with Crippen LogP contribution in [-0.2, 0) is 9.53 Å². The molecule has 1 aromatic carbocycles. The molecular formula is C19H27N3O3. The highest BCUT2D eigenvalue weighted by atomic mass is 16.5. The van der Waals surface area contributed by atoms with Gasteiger partial charge in [0.05, 0.1) is 25.0 Å². The van der Waals surface area contributed by atoms with Gasteiger partial charge in [-0.25, -0.2) is 4.79 Å². The lowest BCUT2D eigenvalue weighted by Gasteiger charge is -2.17. The van der Waals surface area contributed by atoms with Crippen LogP contribution in [0.3, 0.4) is 0 Å². The number of nitrogens with one attached hydrogen (secondary N) is 2. The first-order valence-electron chi connectivity index (χ1n) is 8.79. The molecule has 1 rings (SSSR count). The number of benzene rings is 1. The van der Waals surface area contributed by atoms with E-state index in [0.29, 0.717) is 13.2 Å². The van der Waals surface area contributed by atoms with Crippen molar-refractivity contribution in [1.29, 1.82) is 5.26 Å². The third-order valence-corrected chi connectivity index (χ3v) is 3.74. The number of amides is 2. The summed E-state index contributed by atoms with van der Waals surface area (Å²) in [6.07, 6.45) is 3.88. The van der Waals surface area contributed by atoms with E-state index >= 15 is 0 Å². The number of alkyl carbamates (subject to hydrolysis) is 1. The molecule has 2 N–H and O–H groups in total. The van der Waals surface area contributed by atoms with Crippen molar-refractivity contribution in [3.05, 3.63) is 35.9 Å². The van der Waals surface area contributed by atoms with Crippen LogP contribution in [0.4, 0.5) is 4.79 Å². The van der Waals surface area contributed by atoms with Gasteiger partial charge in [0.15, 0.2) is 0 Å². The molecule has 2 amide bonds. The van der Waals surface area contributed by atoms with Gasteiger partial charge in [-0.1, -0.05) is 56.5 Å². The SMILES string of the molecule is CCCCCCOC(=O)NCC(C(=O)NCCC#N)c1ccccc1. The molecule has 0 aliphatic carbocycles. The van der Waals surface area contributed by atoms with Gasteiger partial charge in [-0.3, -0.25) is 4.79 Å². The Labute approximate surface area is 149 Å². The first-order chi connectivity index (χ1) is 12.2. The topological polar surface area (TPSA) is 91.2 Å². The third-order valence-electron chi connectivity index (χ3n) is 3.74. The maximum absolute atomic E-state index is 12.4. The second-order valence-electron chi connectivity index (χ2n) is 5.74. The monoisotopic (exact) mass is 345 g/mol. The largest absolute Gasteiger partial charge is 0.450 e. The van der Waals surface area contributed by atoms with Gasteiger partial charge in [0.1, 0.15) is 0 Å². The predicted octanol–water partition coefficient (Wildman–Crippen LogP) is 3.11. The van der Waals surface area contributed by atoms with Crippen molar-refractivity contribution >= 4 is 12.0 Å². The zero-order valence-electron chi connectivity index (χ0n) is 14.8. The van der Waals surface area contributed by atoms with Crippen molar-refractivity contribution in [3.63, 3.8) is 0 Å². The van der Waals surface area contributed by atoms with Crippen molar-refractivity contribution < 1.29 is 14.3 Å². The van der Waals surface area contributed by atoms with E-state index in [-0.39, 0.29) is 18.9 Å². The van der Waals surface area contributed by atoms with Crippen LogP contribution in [-0.4, -0.2) is 31.7 Å². The van der Waals surface area contributed by atoms with Crippen LogP contribution in [0.1, 0.15) is 50.5 Å². The standard InChI is InChI=1S/C19H27N3O3/c1-2-3-4-8-14-25-19(24)22-15-17(16-10-6-5-7-11-16)18(23)21-13-9-12-20/h5-7,10-11,17H,2-4,8-9,13-15H2,1H3,(H,21,23)(H,22,24). The fourth-order valence-corrected chi connectivity index (χ4v) is 2.34. The fraction of sp³-hybridized carbons (Fsp3) is 0.526. The highest BCUT2D eigenvalue weighted by Crippen LogP contribution is 2.15. The Morgan fingerprint density at radius 2 is 1.92 bits per heavy atom. The van der Waals surface area contributed by atoms with Gasteiger partial charge in [0.2, 0.25) is 5.91 Å². The number of hydrogen-bond donors (Lipinski definition) is 2. The van der Waals surface area contributed by atoms with E-state index in [9.17, 15) is 9.59 Å². The summed E-state index contributed by atoms with van der Waals surface area (Å²) in [7, 11) is 0. The average Bonchev–Trinajstić information content (AvgIpc) is 2.63. The number of unbranched alkanes of at least 4 members (excludes halogenated alkanes) is 3.